The lowest BCUT2D eigenvalue weighted by Crippen LogP contribution is -2.29. The van der Waals surface area contributed by atoms with E-state index in [0.29, 0.717) is 28.6 Å². The van der Waals surface area contributed by atoms with Crippen LogP contribution in [0.25, 0.3) is 11.5 Å². The average Bonchev–Trinajstić information content (AvgIpc) is 3.56. The Hall–Kier alpha value is -2.95. The number of pyridine rings is 1. The van der Waals surface area contributed by atoms with Gasteiger partial charge in [0.25, 0.3) is 5.91 Å². The number of anilines is 1. The van der Waals surface area contributed by atoms with Crippen molar-refractivity contribution in [3.63, 3.8) is 0 Å². The quantitative estimate of drug-likeness (QED) is 0.490. The molecular weight excluding hydrogens is 462 g/mol. The van der Waals surface area contributed by atoms with Crippen LogP contribution >= 0.6 is 12.1 Å². The largest absolute Gasteiger partial charge is 0.496 e. The summed E-state index contributed by atoms with van der Waals surface area (Å²) in [6, 6.07) is 9.68. The molecule has 1 saturated heterocycles. The summed E-state index contributed by atoms with van der Waals surface area (Å²) in [5, 5.41) is 11.2. The Morgan fingerprint density at radius 1 is 1.11 bits per heavy atom. The maximum atomic E-state index is 13.3. The van der Waals surface area contributed by atoms with Crippen molar-refractivity contribution in [1.29, 1.82) is 0 Å². The number of nitrogens with zero attached hydrogens (tertiary/aromatic N) is 6. The summed E-state index contributed by atoms with van der Waals surface area (Å²) in [5.41, 5.74) is 3.57. The van der Waals surface area contributed by atoms with Gasteiger partial charge in [0.05, 0.1) is 12.7 Å². The smallest absolute Gasteiger partial charge is 0.260 e. The number of ether oxygens (including phenoxy) is 1. The molecule has 4 heterocycles. The third kappa shape index (κ3) is 5.19. The molecule has 1 amide bonds. The zero-order valence-electron chi connectivity index (χ0n) is 20.4. The van der Waals surface area contributed by atoms with E-state index < -0.39 is 0 Å². The van der Waals surface area contributed by atoms with Gasteiger partial charge in [-0.1, -0.05) is 6.07 Å². The molecule has 9 nitrogen and oxygen atoms in total. The standard InChI is InChI=1S/C25H31N7O2S/c1-17(2)32-16-26-29-24(32)21-7-6-8-23(27-21)28-25(33)20-13-19-15-31(35-30-10-4-5-11-30)12-9-18(19)14-22(20)34-3/h6-8,13-14,16-17H,4-5,9-12,15H2,1-3H3,(H,27,28,33). The van der Waals surface area contributed by atoms with Crippen LogP contribution in [-0.2, 0) is 13.0 Å². The van der Waals surface area contributed by atoms with Crippen LogP contribution in [0.5, 0.6) is 5.75 Å². The van der Waals surface area contributed by atoms with Gasteiger partial charge in [-0.3, -0.25) is 4.79 Å². The van der Waals surface area contributed by atoms with Crippen LogP contribution in [-0.4, -0.2) is 61.0 Å². The number of hydrogen-bond donors (Lipinski definition) is 1. The van der Waals surface area contributed by atoms with Gasteiger partial charge in [-0.2, -0.15) is 0 Å². The van der Waals surface area contributed by atoms with E-state index in [0.717, 1.165) is 32.6 Å². The fourth-order valence-electron chi connectivity index (χ4n) is 4.53. The molecule has 2 aliphatic rings. The number of benzene rings is 1. The second-order valence-electron chi connectivity index (χ2n) is 9.17. The summed E-state index contributed by atoms with van der Waals surface area (Å²) in [7, 11) is 1.61. The van der Waals surface area contributed by atoms with Crippen molar-refractivity contribution in [1.82, 2.24) is 28.4 Å². The normalized spacial score (nSPS) is 16.5. The third-order valence-corrected chi connectivity index (χ3v) is 7.53. The van der Waals surface area contributed by atoms with Crippen molar-refractivity contribution < 1.29 is 9.53 Å². The molecule has 0 spiro atoms. The number of carbonyl (C=O) groups is 1. The molecule has 35 heavy (non-hydrogen) atoms. The van der Waals surface area contributed by atoms with E-state index in [-0.39, 0.29) is 11.9 Å². The van der Waals surface area contributed by atoms with E-state index in [2.05, 4.69) is 43.0 Å². The number of methoxy groups -OCH3 is 1. The molecular formula is C25H31N7O2S. The van der Waals surface area contributed by atoms with Gasteiger partial charge in [-0.05, 0) is 68.5 Å². The van der Waals surface area contributed by atoms with E-state index in [1.54, 1.807) is 19.5 Å². The van der Waals surface area contributed by atoms with Gasteiger partial charge in [0.2, 0.25) is 0 Å². The molecule has 184 valence electrons. The van der Waals surface area contributed by atoms with E-state index in [4.69, 9.17) is 4.74 Å². The summed E-state index contributed by atoms with van der Waals surface area (Å²) in [4.78, 5) is 17.9. The maximum Gasteiger partial charge on any atom is 0.260 e. The Bertz CT molecular complexity index is 1210. The number of aromatic nitrogens is 4. The Morgan fingerprint density at radius 3 is 2.71 bits per heavy atom. The minimum absolute atomic E-state index is 0.197. The first-order valence-electron chi connectivity index (χ1n) is 12.1. The molecule has 0 aliphatic carbocycles. The molecule has 5 rings (SSSR count). The van der Waals surface area contributed by atoms with Crippen molar-refractivity contribution in [3.8, 4) is 17.3 Å². The lowest BCUT2D eigenvalue weighted by Gasteiger charge is -2.31. The second-order valence-corrected chi connectivity index (χ2v) is 10.4. The van der Waals surface area contributed by atoms with Crippen LogP contribution < -0.4 is 10.1 Å². The van der Waals surface area contributed by atoms with E-state index >= 15 is 0 Å². The van der Waals surface area contributed by atoms with Crippen LogP contribution in [0.1, 0.15) is 54.2 Å². The van der Waals surface area contributed by atoms with Gasteiger partial charge >= 0.3 is 0 Å². The summed E-state index contributed by atoms with van der Waals surface area (Å²) >= 11 is 1.83. The highest BCUT2D eigenvalue weighted by Crippen LogP contribution is 2.33. The van der Waals surface area contributed by atoms with Crippen LogP contribution in [0.2, 0.25) is 0 Å². The van der Waals surface area contributed by atoms with Crippen LogP contribution in [0, 0.1) is 0 Å². The van der Waals surface area contributed by atoms with E-state index in [1.165, 1.54) is 24.0 Å². The third-order valence-electron chi connectivity index (χ3n) is 6.39. The minimum Gasteiger partial charge on any atom is -0.496 e. The SMILES string of the molecule is COc1cc2c(cc1C(=O)Nc1cccc(-c3nncn3C(C)C)n1)CN(SN1CCCC1)CC2. The van der Waals surface area contributed by atoms with E-state index in [9.17, 15) is 4.79 Å². The molecule has 1 fully saturated rings. The number of rotatable bonds is 7. The molecule has 0 saturated carbocycles. The summed E-state index contributed by atoms with van der Waals surface area (Å²) in [6.07, 6.45) is 5.17. The molecule has 3 aromatic rings. The van der Waals surface area contributed by atoms with Gasteiger partial charge in [-0.15, -0.1) is 10.2 Å². The first-order chi connectivity index (χ1) is 17.0. The monoisotopic (exact) mass is 493 g/mol. The fourth-order valence-corrected chi connectivity index (χ4v) is 5.64. The Morgan fingerprint density at radius 2 is 1.94 bits per heavy atom. The average molecular weight is 494 g/mol. The molecule has 2 aromatic heterocycles. The maximum absolute atomic E-state index is 13.3. The fraction of sp³-hybridized carbons (Fsp3) is 0.440. The topological polar surface area (TPSA) is 88.4 Å². The van der Waals surface area contributed by atoms with Gasteiger partial charge in [-0.25, -0.2) is 13.6 Å². The van der Waals surface area contributed by atoms with Crippen molar-refractivity contribution in [2.45, 2.75) is 45.7 Å². The van der Waals surface area contributed by atoms with Crippen molar-refractivity contribution in [2.24, 2.45) is 0 Å². The predicted octanol–water partition coefficient (Wildman–Crippen LogP) is 4.20. The molecule has 10 heteroatoms. The number of carbonyl (C=O) groups excluding carboxylic acids is 1. The van der Waals surface area contributed by atoms with Crippen molar-refractivity contribution in [2.75, 3.05) is 32.1 Å². The zero-order chi connectivity index (χ0) is 24.4. The Balaban J connectivity index is 1.35. The molecule has 0 unspecified atom stereocenters. The molecule has 0 bridgehead atoms. The van der Waals surface area contributed by atoms with Gasteiger partial charge in [0.1, 0.15) is 23.6 Å². The van der Waals surface area contributed by atoms with Crippen LogP contribution in [0.3, 0.4) is 0 Å². The Kier molecular flexibility index (Phi) is 7.03. The minimum atomic E-state index is -0.246. The zero-order valence-corrected chi connectivity index (χ0v) is 21.2. The molecule has 1 aromatic carbocycles. The molecule has 0 atom stereocenters. The second kappa shape index (κ2) is 10.3. The number of amides is 1. The number of nitrogens with one attached hydrogen (secondary N) is 1. The highest BCUT2D eigenvalue weighted by Gasteiger charge is 2.25. The van der Waals surface area contributed by atoms with Gasteiger partial charge in [0, 0.05) is 44.4 Å². The van der Waals surface area contributed by atoms with Gasteiger partial charge in [0.15, 0.2) is 5.82 Å². The number of fused-ring (bicyclic) bond motifs is 1. The molecule has 0 radical (unpaired) electrons. The predicted molar refractivity (Wildman–Crippen MR) is 137 cm³/mol. The number of hydrogen-bond acceptors (Lipinski definition) is 8. The van der Waals surface area contributed by atoms with Crippen molar-refractivity contribution in [3.05, 3.63) is 53.3 Å². The van der Waals surface area contributed by atoms with Crippen LogP contribution in [0.15, 0.2) is 36.7 Å². The summed E-state index contributed by atoms with van der Waals surface area (Å²) in [5.74, 6) is 1.45. The Labute approximate surface area is 210 Å². The van der Waals surface area contributed by atoms with E-state index in [1.807, 2.05) is 41.0 Å². The summed E-state index contributed by atoms with van der Waals surface area (Å²) in [6.45, 7) is 8.20. The summed E-state index contributed by atoms with van der Waals surface area (Å²) < 4.78 is 12.4. The highest BCUT2D eigenvalue weighted by atomic mass is 32.2. The van der Waals surface area contributed by atoms with Crippen LogP contribution in [0.4, 0.5) is 5.82 Å². The lowest BCUT2D eigenvalue weighted by molar-refractivity contribution is 0.102. The molecule has 1 N–H and O–H groups in total. The molecule has 2 aliphatic heterocycles. The first kappa shape index (κ1) is 23.8. The first-order valence-corrected chi connectivity index (χ1v) is 12.8. The van der Waals surface area contributed by atoms with Crippen molar-refractivity contribution >= 4 is 23.9 Å². The lowest BCUT2D eigenvalue weighted by atomic mass is 9.97. The highest BCUT2D eigenvalue weighted by molar-refractivity contribution is 7.94. The van der Waals surface area contributed by atoms with Gasteiger partial charge < -0.3 is 14.6 Å².